The molecule has 0 aromatic carbocycles. The van der Waals surface area contributed by atoms with E-state index < -0.39 is 0 Å². The fourth-order valence-electron chi connectivity index (χ4n) is 1.86. The van der Waals surface area contributed by atoms with Crippen molar-refractivity contribution < 1.29 is 4.79 Å². The first-order valence-corrected chi connectivity index (χ1v) is 6.76. The molecule has 5 nitrogen and oxygen atoms in total. The van der Waals surface area contributed by atoms with Crippen molar-refractivity contribution in [1.29, 1.82) is 0 Å². The van der Waals surface area contributed by atoms with Crippen molar-refractivity contribution in [3.63, 3.8) is 0 Å². The van der Waals surface area contributed by atoms with Gasteiger partial charge in [0, 0.05) is 31.0 Å². The number of amides is 1. The number of rotatable bonds is 8. The third-order valence-corrected chi connectivity index (χ3v) is 2.60. The summed E-state index contributed by atoms with van der Waals surface area (Å²) in [5.41, 5.74) is 6.29. The smallest absolute Gasteiger partial charge is 0.236 e. The zero-order valence-electron chi connectivity index (χ0n) is 12.0. The van der Waals surface area contributed by atoms with Crippen LogP contribution in [0.3, 0.4) is 0 Å². The lowest BCUT2D eigenvalue weighted by molar-refractivity contribution is -0.116. The normalized spacial score (nSPS) is 10.5. The zero-order valence-corrected chi connectivity index (χ0v) is 12.0. The van der Waals surface area contributed by atoms with E-state index in [0.717, 1.165) is 31.0 Å². The van der Waals surface area contributed by atoms with Crippen LogP contribution >= 0.6 is 0 Å². The topological polar surface area (TPSA) is 71.2 Å². The van der Waals surface area contributed by atoms with Gasteiger partial charge in [0.25, 0.3) is 0 Å². The number of aromatic nitrogens is 1. The van der Waals surface area contributed by atoms with Crippen molar-refractivity contribution >= 4 is 17.4 Å². The van der Waals surface area contributed by atoms with Gasteiger partial charge in [0.05, 0.1) is 6.54 Å². The van der Waals surface area contributed by atoms with Gasteiger partial charge in [-0.15, -0.1) is 0 Å². The molecule has 0 aliphatic rings. The Morgan fingerprint density at radius 1 is 1.53 bits per heavy atom. The Morgan fingerprint density at radius 3 is 2.84 bits per heavy atom. The van der Waals surface area contributed by atoms with E-state index in [1.807, 2.05) is 17.0 Å². The third-order valence-electron chi connectivity index (χ3n) is 2.60. The molecule has 5 heteroatoms. The Morgan fingerprint density at radius 2 is 2.26 bits per heavy atom. The van der Waals surface area contributed by atoms with Crippen molar-refractivity contribution in [3.05, 3.63) is 18.3 Å². The summed E-state index contributed by atoms with van der Waals surface area (Å²) in [6.07, 6.45) is 2.80. The number of carbonyl (C=O) groups excluding carboxylic acids is 1. The molecule has 0 radical (unpaired) electrons. The average Bonchev–Trinajstić information content (AvgIpc) is 2.35. The van der Waals surface area contributed by atoms with E-state index in [1.165, 1.54) is 0 Å². The number of nitrogens with zero attached hydrogens (tertiary/aromatic N) is 2. The second kappa shape index (κ2) is 7.61. The molecule has 1 aromatic rings. The van der Waals surface area contributed by atoms with E-state index in [1.54, 1.807) is 6.20 Å². The van der Waals surface area contributed by atoms with Crippen LogP contribution in [0.4, 0.5) is 11.5 Å². The molecule has 0 fully saturated rings. The maximum atomic E-state index is 11.2. The molecule has 1 amide bonds. The molecule has 0 saturated heterocycles. The van der Waals surface area contributed by atoms with E-state index in [9.17, 15) is 4.79 Å². The molecule has 0 atom stereocenters. The molecule has 0 saturated carbocycles. The number of pyridine rings is 1. The highest BCUT2D eigenvalue weighted by Crippen LogP contribution is 2.18. The number of hydrogen-bond acceptors (Lipinski definition) is 4. The summed E-state index contributed by atoms with van der Waals surface area (Å²) >= 11 is 0. The van der Waals surface area contributed by atoms with Crippen LogP contribution in [-0.4, -0.2) is 30.5 Å². The van der Waals surface area contributed by atoms with Gasteiger partial charge in [-0.1, -0.05) is 20.8 Å². The fraction of sp³-hybridized carbons (Fsp3) is 0.571. The van der Waals surface area contributed by atoms with E-state index in [4.69, 9.17) is 5.73 Å². The Hall–Kier alpha value is -1.78. The van der Waals surface area contributed by atoms with E-state index in [-0.39, 0.29) is 12.5 Å². The van der Waals surface area contributed by atoms with Gasteiger partial charge in [-0.2, -0.15) is 0 Å². The van der Waals surface area contributed by atoms with Crippen molar-refractivity contribution in [3.8, 4) is 0 Å². The van der Waals surface area contributed by atoms with Crippen LogP contribution in [-0.2, 0) is 4.79 Å². The maximum Gasteiger partial charge on any atom is 0.236 e. The minimum Gasteiger partial charge on any atom is -0.370 e. The Kier molecular flexibility index (Phi) is 6.12. The van der Waals surface area contributed by atoms with Gasteiger partial charge in [0.1, 0.15) is 5.82 Å². The molecule has 0 spiro atoms. The van der Waals surface area contributed by atoms with Crippen LogP contribution in [0.1, 0.15) is 27.2 Å². The predicted molar refractivity (Wildman–Crippen MR) is 79.3 cm³/mol. The molecule has 3 N–H and O–H groups in total. The largest absolute Gasteiger partial charge is 0.370 e. The number of nitrogens with two attached hydrogens (primary N) is 1. The molecule has 0 unspecified atom stereocenters. The molecule has 1 heterocycles. The minimum atomic E-state index is -0.319. The summed E-state index contributed by atoms with van der Waals surface area (Å²) in [7, 11) is 0. The monoisotopic (exact) mass is 264 g/mol. The highest BCUT2D eigenvalue weighted by molar-refractivity contribution is 5.79. The van der Waals surface area contributed by atoms with Crippen LogP contribution < -0.4 is 16.0 Å². The van der Waals surface area contributed by atoms with E-state index in [0.29, 0.717) is 5.92 Å². The molecular weight excluding hydrogens is 240 g/mol. The van der Waals surface area contributed by atoms with Crippen LogP contribution in [0.25, 0.3) is 0 Å². The van der Waals surface area contributed by atoms with E-state index >= 15 is 0 Å². The second-order valence-corrected chi connectivity index (χ2v) is 5.07. The summed E-state index contributed by atoms with van der Waals surface area (Å²) in [6.45, 7) is 8.25. The Balaban J connectivity index is 2.84. The van der Waals surface area contributed by atoms with Gasteiger partial charge in [-0.05, 0) is 18.4 Å². The minimum absolute atomic E-state index is 0.232. The SMILES string of the molecule is CCCNc1cc(N(CC(N)=O)CC(C)C)ccn1. The Labute approximate surface area is 115 Å². The molecule has 0 aliphatic carbocycles. The van der Waals surface area contributed by atoms with Gasteiger partial charge < -0.3 is 16.0 Å². The van der Waals surface area contributed by atoms with Crippen LogP contribution in [0, 0.1) is 5.92 Å². The lowest BCUT2D eigenvalue weighted by atomic mass is 10.2. The number of carbonyl (C=O) groups is 1. The van der Waals surface area contributed by atoms with Crippen LogP contribution in [0.5, 0.6) is 0 Å². The standard InChI is InChI=1S/C14H24N4O/c1-4-6-16-14-8-12(5-7-17-14)18(9-11(2)3)10-13(15)19/h5,7-8,11H,4,6,9-10H2,1-3H3,(H2,15,19)(H,16,17). The summed E-state index contributed by atoms with van der Waals surface area (Å²) in [5, 5.41) is 3.24. The van der Waals surface area contributed by atoms with Crippen molar-refractivity contribution in [1.82, 2.24) is 4.98 Å². The number of hydrogen-bond donors (Lipinski definition) is 2. The molecule has 0 aliphatic heterocycles. The lowest BCUT2D eigenvalue weighted by Gasteiger charge is -2.25. The van der Waals surface area contributed by atoms with Crippen molar-refractivity contribution in [2.24, 2.45) is 11.7 Å². The van der Waals surface area contributed by atoms with Gasteiger partial charge in [-0.3, -0.25) is 4.79 Å². The highest BCUT2D eigenvalue weighted by atomic mass is 16.1. The molecule has 1 aromatic heterocycles. The van der Waals surface area contributed by atoms with E-state index in [2.05, 4.69) is 31.1 Å². The zero-order chi connectivity index (χ0) is 14.3. The quantitative estimate of drug-likeness (QED) is 0.751. The summed E-state index contributed by atoms with van der Waals surface area (Å²) in [5.74, 6) is 0.970. The summed E-state index contributed by atoms with van der Waals surface area (Å²) < 4.78 is 0. The van der Waals surface area contributed by atoms with Gasteiger partial charge in [0.2, 0.25) is 5.91 Å². The number of anilines is 2. The Bertz CT molecular complexity index is 406. The molecular formula is C14H24N4O. The van der Waals surface area contributed by atoms with Gasteiger partial charge in [0.15, 0.2) is 0 Å². The molecule has 106 valence electrons. The number of nitrogens with one attached hydrogen (secondary N) is 1. The van der Waals surface area contributed by atoms with Gasteiger partial charge >= 0.3 is 0 Å². The predicted octanol–water partition coefficient (Wildman–Crippen LogP) is 1.85. The first-order valence-electron chi connectivity index (χ1n) is 6.76. The second-order valence-electron chi connectivity index (χ2n) is 5.07. The number of primary amides is 1. The average molecular weight is 264 g/mol. The third kappa shape index (κ3) is 5.59. The van der Waals surface area contributed by atoms with Crippen LogP contribution in [0.15, 0.2) is 18.3 Å². The molecule has 19 heavy (non-hydrogen) atoms. The molecule has 1 rings (SSSR count). The van der Waals surface area contributed by atoms with Gasteiger partial charge in [-0.25, -0.2) is 4.98 Å². The maximum absolute atomic E-state index is 11.2. The summed E-state index contributed by atoms with van der Waals surface area (Å²) in [4.78, 5) is 17.4. The summed E-state index contributed by atoms with van der Waals surface area (Å²) in [6, 6.07) is 3.86. The lowest BCUT2D eigenvalue weighted by Crippen LogP contribution is -2.36. The van der Waals surface area contributed by atoms with Crippen molar-refractivity contribution in [2.75, 3.05) is 29.9 Å². The first-order chi connectivity index (χ1) is 9.02. The van der Waals surface area contributed by atoms with Crippen LogP contribution in [0.2, 0.25) is 0 Å². The van der Waals surface area contributed by atoms with Crippen molar-refractivity contribution in [2.45, 2.75) is 27.2 Å². The fourth-order valence-corrected chi connectivity index (χ4v) is 1.86. The first kappa shape index (κ1) is 15.3. The highest BCUT2D eigenvalue weighted by Gasteiger charge is 2.12. The molecule has 0 bridgehead atoms.